The van der Waals surface area contributed by atoms with Gasteiger partial charge in [-0.1, -0.05) is 19.1 Å². The second-order valence-corrected chi connectivity index (χ2v) is 5.20. The highest BCUT2D eigenvalue weighted by Crippen LogP contribution is 2.16. The van der Waals surface area contributed by atoms with E-state index in [1.54, 1.807) is 7.11 Å². The van der Waals surface area contributed by atoms with Gasteiger partial charge in [-0.3, -0.25) is 0 Å². The lowest BCUT2D eigenvalue weighted by molar-refractivity contribution is 0.277. The molecule has 1 aliphatic rings. The van der Waals surface area contributed by atoms with Crippen LogP contribution in [-0.4, -0.2) is 31.1 Å². The van der Waals surface area contributed by atoms with Crippen molar-refractivity contribution in [3.63, 3.8) is 0 Å². The summed E-state index contributed by atoms with van der Waals surface area (Å²) in [5.41, 5.74) is 7.18. The number of halogens is 1. The van der Waals surface area contributed by atoms with Gasteiger partial charge >= 0.3 is 0 Å². The third-order valence-electron chi connectivity index (χ3n) is 3.67. The molecule has 2 rings (SSSR count). The number of hydrogen-bond donors (Lipinski definition) is 1. The van der Waals surface area contributed by atoms with Gasteiger partial charge in [-0.2, -0.15) is 0 Å². The third-order valence-corrected chi connectivity index (χ3v) is 3.67. The van der Waals surface area contributed by atoms with Crippen molar-refractivity contribution in [2.24, 2.45) is 16.6 Å². The number of rotatable bonds is 3. The molecule has 1 fully saturated rings. The molecule has 0 atom stereocenters. The molecule has 0 spiro atoms. The molecule has 5 heteroatoms. The van der Waals surface area contributed by atoms with Crippen LogP contribution in [0, 0.1) is 5.92 Å². The van der Waals surface area contributed by atoms with Crippen molar-refractivity contribution in [3.8, 4) is 5.75 Å². The standard InChI is InChI=1S/C15H23N3O.HI/c1-12-6-8-18(9-7-12)15(16)17-11-13-4-3-5-14(10-13)19-2;/h3-5,10,12H,6-9,11H2,1-2H3,(H2,16,17);1H. The summed E-state index contributed by atoms with van der Waals surface area (Å²) in [6.07, 6.45) is 2.41. The van der Waals surface area contributed by atoms with E-state index in [-0.39, 0.29) is 24.0 Å². The minimum atomic E-state index is 0. The van der Waals surface area contributed by atoms with Gasteiger partial charge in [0.25, 0.3) is 0 Å². The molecule has 1 aromatic carbocycles. The topological polar surface area (TPSA) is 50.9 Å². The number of aliphatic imine (C=N–C) groups is 1. The van der Waals surface area contributed by atoms with Crippen molar-refractivity contribution in [2.45, 2.75) is 26.3 Å². The molecule has 20 heavy (non-hydrogen) atoms. The molecule has 0 radical (unpaired) electrons. The van der Waals surface area contributed by atoms with Crippen molar-refractivity contribution in [1.82, 2.24) is 4.90 Å². The molecule has 1 heterocycles. The first-order valence-corrected chi connectivity index (χ1v) is 6.87. The molecule has 2 N–H and O–H groups in total. The van der Waals surface area contributed by atoms with E-state index in [9.17, 15) is 0 Å². The summed E-state index contributed by atoms with van der Waals surface area (Å²) in [5, 5.41) is 0. The van der Waals surface area contributed by atoms with Crippen molar-refractivity contribution in [2.75, 3.05) is 20.2 Å². The Labute approximate surface area is 138 Å². The zero-order chi connectivity index (χ0) is 13.7. The van der Waals surface area contributed by atoms with Crippen molar-refractivity contribution in [3.05, 3.63) is 29.8 Å². The van der Waals surface area contributed by atoms with Crippen LogP contribution in [0.1, 0.15) is 25.3 Å². The van der Waals surface area contributed by atoms with Gasteiger partial charge in [0.2, 0.25) is 0 Å². The highest BCUT2D eigenvalue weighted by Gasteiger charge is 2.16. The quantitative estimate of drug-likeness (QED) is 0.492. The second-order valence-electron chi connectivity index (χ2n) is 5.20. The number of ether oxygens (including phenoxy) is 1. The lowest BCUT2D eigenvalue weighted by atomic mass is 10.00. The van der Waals surface area contributed by atoms with Crippen molar-refractivity contribution >= 4 is 29.9 Å². The Balaban J connectivity index is 0.00000200. The van der Waals surface area contributed by atoms with E-state index in [0.29, 0.717) is 12.5 Å². The minimum Gasteiger partial charge on any atom is -0.497 e. The average molecular weight is 389 g/mol. The van der Waals surface area contributed by atoms with E-state index < -0.39 is 0 Å². The number of nitrogens with zero attached hydrogens (tertiary/aromatic N) is 2. The predicted molar refractivity (Wildman–Crippen MR) is 93.7 cm³/mol. The fourth-order valence-electron chi connectivity index (χ4n) is 2.28. The summed E-state index contributed by atoms with van der Waals surface area (Å²) in [5.74, 6) is 2.33. The van der Waals surface area contributed by atoms with E-state index in [1.807, 2.05) is 24.3 Å². The molecule has 1 aliphatic heterocycles. The van der Waals surface area contributed by atoms with Crippen LogP contribution >= 0.6 is 24.0 Å². The number of guanidine groups is 1. The summed E-state index contributed by atoms with van der Waals surface area (Å²) in [6.45, 7) is 4.94. The Morgan fingerprint density at radius 3 is 2.75 bits per heavy atom. The molecule has 0 bridgehead atoms. The Morgan fingerprint density at radius 2 is 2.10 bits per heavy atom. The first-order chi connectivity index (χ1) is 9.19. The molecule has 112 valence electrons. The fourth-order valence-corrected chi connectivity index (χ4v) is 2.28. The lowest BCUT2D eigenvalue weighted by Gasteiger charge is -2.31. The average Bonchev–Trinajstić information content (AvgIpc) is 2.46. The molecular formula is C15H24IN3O. The Bertz CT molecular complexity index is 442. The maximum absolute atomic E-state index is 6.06. The van der Waals surface area contributed by atoms with Crippen molar-refractivity contribution in [1.29, 1.82) is 0 Å². The highest BCUT2D eigenvalue weighted by atomic mass is 127. The van der Waals surface area contributed by atoms with Crippen LogP contribution < -0.4 is 10.5 Å². The monoisotopic (exact) mass is 389 g/mol. The number of methoxy groups -OCH3 is 1. The van der Waals surface area contributed by atoms with E-state index in [1.165, 1.54) is 12.8 Å². The highest BCUT2D eigenvalue weighted by molar-refractivity contribution is 14.0. The Hall–Kier alpha value is -0.980. The molecule has 0 unspecified atom stereocenters. The van der Waals surface area contributed by atoms with Crippen LogP contribution in [0.2, 0.25) is 0 Å². The smallest absolute Gasteiger partial charge is 0.191 e. The van der Waals surface area contributed by atoms with Crippen LogP contribution in [0.25, 0.3) is 0 Å². The SMILES string of the molecule is COc1cccc(CN=C(N)N2CCC(C)CC2)c1.I. The van der Waals surface area contributed by atoms with Crippen LogP contribution in [0.4, 0.5) is 0 Å². The summed E-state index contributed by atoms with van der Waals surface area (Å²) in [4.78, 5) is 6.66. The van der Waals surface area contributed by atoms with Crippen LogP contribution in [0.5, 0.6) is 5.75 Å². The Kier molecular flexibility index (Phi) is 7.12. The van der Waals surface area contributed by atoms with Gasteiger partial charge in [0, 0.05) is 13.1 Å². The van der Waals surface area contributed by atoms with Gasteiger partial charge in [-0.25, -0.2) is 4.99 Å². The molecule has 0 amide bonds. The van der Waals surface area contributed by atoms with E-state index in [0.717, 1.165) is 30.3 Å². The zero-order valence-corrected chi connectivity index (χ0v) is 14.5. The van der Waals surface area contributed by atoms with Gasteiger partial charge < -0.3 is 15.4 Å². The number of hydrogen-bond acceptors (Lipinski definition) is 2. The first-order valence-electron chi connectivity index (χ1n) is 6.87. The predicted octanol–water partition coefficient (Wildman–Crippen LogP) is 2.86. The fraction of sp³-hybridized carbons (Fsp3) is 0.533. The molecule has 4 nitrogen and oxygen atoms in total. The van der Waals surface area contributed by atoms with Gasteiger partial charge in [-0.05, 0) is 36.5 Å². The van der Waals surface area contributed by atoms with Gasteiger partial charge in [0.1, 0.15) is 5.75 Å². The summed E-state index contributed by atoms with van der Waals surface area (Å²) in [7, 11) is 1.67. The van der Waals surface area contributed by atoms with Gasteiger partial charge in [-0.15, -0.1) is 24.0 Å². The van der Waals surface area contributed by atoms with Gasteiger partial charge in [0.05, 0.1) is 13.7 Å². The normalized spacial score (nSPS) is 16.7. The molecular weight excluding hydrogens is 365 g/mol. The van der Waals surface area contributed by atoms with Crippen molar-refractivity contribution < 1.29 is 4.74 Å². The number of benzene rings is 1. The Morgan fingerprint density at radius 1 is 1.40 bits per heavy atom. The molecule has 0 aliphatic carbocycles. The number of likely N-dealkylation sites (tertiary alicyclic amines) is 1. The number of piperidine rings is 1. The maximum atomic E-state index is 6.06. The summed E-state index contributed by atoms with van der Waals surface area (Å²) >= 11 is 0. The summed E-state index contributed by atoms with van der Waals surface area (Å²) < 4.78 is 5.20. The zero-order valence-electron chi connectivity index (χ0n) is 12.2. The number of nitrogens with two attached hydrogens (primary N) is 1. The first kappa shape index (κ1) is 17.1. The maximum Gasteiger partial charge on any atom is 0.191 e. The molecule has 0 saturated carbocycles. The molecule has 0 aromatic heterocycles. The van der Waals surface area contributed by atoms with Crippen LogP contribution in [0.15, 0.2) is 29.3 Å². The lowest BCUT2D eigenvalue weighted by Crippen LogP contribution is -2.42. The minimum absolute atomic E-state index is 0. The summed E-state index contributed by atoms with van der Waals surface area (Å²) in [6, 6.07) is 7.94. The van der Waals surface area contributed by atoms with Crippen LogP contribution in [-0.2, 0) is 6.54 Å². The van der Waals surface area contributed by atoms with Crippen LogP contribution in [0.3, 0.4) is 0 Å². The van der Waals surface area contributed by atoms with E-state index in [2.05, 4.69) is 16.8 Å². The largest absolute Gasteiger partial charge is 0.497 e. The molecule has 1 aromatic rings. The third kappa shape index (κ3) is 4.85. The van der Waals surface area contributed by atoms with E-state index in [4.69, 9.17) is 10.5 Å². The molecule has 1 saturated heterocycles. The second kappa shape index (κ2) is 8.34. The van der Waals surface area contributed by atoms with E-state index >= 15 is 0 Å². The van der Waals surface area contributed by atoms with Gasteiger partial charge in [0.15, 0.2) is 5.96 Å².